The first-order chi connectivity index (χ1) is 11.7. The van der Waals surface area contributed by atoms with E-state index >= 15 is 0 Å². The number of carbonyl (C=O) groups is 1. The minimum atomic E-state index is -0.498. The zero-order chi connectivity index (χ0) is 16.8. The van der Waals surface area contributed by atoms with Crippen LogP contribution in [0.25, 0.3) is 0 Å². The molecule has 1 heterocycles. The van der Waals surface area contributed by atoms with Crippen molar-refractivity contribution in [3.05, 3.63) is 100 Å². The van der Waals surface area contributed by atoms with Crippen molar-refractivity contribution in [3.63, 3.8) is 0 Å². The summed E-state index contributed by atoms with van der Waals surface area (Å²) in [4.78, 5) is 30.2. The summed E-state index contributed by atoms with van der Waals surface area (Å²) in [6, 6.07) is 21.5. The van der Waals surface area contributed by atoms with Gasteiger partial charge in [0, 0.05) is 11.9 Å². The van der Waals surface area contributed by atoms with E-state index in [1.807, 2.05) is 48.5 Å². The van der Waals surface area contributed by atoms with E-state index in [-0.39, 0.29) is 12.2 Å². The highest BCUT2D eigenvalue weighted by Crippen LogP contribution is 2.06. The number of nitrogens with one attached hydrogen (secondary N) is 1. The lowest BCUT2D eigenvalue weighted by atomic mass is 10.2. The topological polar surface area (TPSA) is 60.3 Å². The molecule has 5 nitrogen and oxygen atoms in total. The SMILES string of the molecule is O=C(Nc1ccccc1)c1cccn(OCc2ccccc2)c1=O. The Bertz CT molecular complexity index is 874. The number of pyridine rings is 1. The maximum atomic E-state index is 12.4. The summed E-state index contributed by atoms with van der Waals surface area (Å²) >= 11 is 0. The molecule has 120 valence electrons. The molecule has 3 rings (SSSR count). The van der Waals surface area contributed by atoms with Gasteiger partial charge in [-0.1, -0.05) is 48.5 Å². The zero-order valence-corrected chi connectivity index (χ0v) is 12.9. The van der Waals surface area contributed by atoms with Gasteiger partial charge in [-0.3, -0.25) is 9.59 Å². The molecule has 0 radical (unpaired) electrons. The highest BCUT2D eigenvalue weighted by Gasteiger charge is 2.13. The standard InChI is InChI=1S/C19H16N2O3/c22-18(20-16-10-5-2-6-11-16)17-12-7-13-21(19(17)23)24-14-15-8-3-1-4-9-15/h1-13H,14H2,(H,20,22). The van der Waals surface area contributed by atoms with Crippen LogP contribution in [0.5, 0.6) is 0 Å². The largest absolute Gasteiger partial charge is 0.406 e. The van der Waals surface area contributed by atoms with Gasteiger partial charge in [0.15, 0.2) is 0 Å². The quantitative estimate of drug-likeness (QED) is 0.786. The lowest BCUT2D eigenvalue weighted by molar-refractivity contribution is 0.0863. The van der Waals surface area contributed by atoms with Crippen LogP contribution >= 0.6 is 0 Å². The summed E-state index contributed by atoms with van der Waals surface area (Å²) in [5.41, 5.74) is 1.09. The molecule has 1 N–H and O–H groups in total. The summed E-state index contributed by atoms with van der Waals surface area (Å²) in [6.45, 7) is 0.241. The Kier molecular flexibility index (Phi) is 4.72. The average Bonchev–Trinajstić information content (AvgIpc) is 2.62. The third-order valence-electron chi connectivity index (χ3n) is 3.40. The minimum Gasteiger partial charge on any atom is -0.406 e. The predicted molar refractivity (Wildman–Crippen MR) is 91.8 cm³/mol. The van der Waals surface area contributed by atoms with Gasteiger partial charge in [-0.2, -0.15) is 4.73 Å². The number of hydrogen-bond donors (Lipinski definition) is 1. The molecular formula is C19H16N2O3. The maximum Gasteiger partial charge on any atom is 0.295 e. The number of nitrogens with zero attached hydrogens (tertiary/aromatic N) is 1. The lowest BCUT2D eigenvalue weighted by Gasteiger charge is -2.10. The van der Waals surface area contributed by atoms with Gasteiger partial charge >= 0.3 is 0 Å². The molecule has 0 aliphatic carbocycles. The molecule has 2 aromatic carbocycles. The number of carbonyl (C=O) groups excluding carboxylic acids is 1. The Morgan fingerprint density at radius 2 is 1.58 bits per heavy atom. The fourth-order valence-electron chi connectivity index (χ4n) is 2.19. The van der Waals surface area contributed by atoms with E-state index in [0.717, 1.165) is 10.3 Å². The smallest absolute Gasteiger partial charge is 0.295 e. The van der Waals surface area contributed by atoms with Crippen molar-refractivity contribution in [1.82, 2.24) is 4.73 Å². The fraction of sp³-hybridized carbons (Fsp3) is 0.0526. The van der Waals surface area contributed by atoms with Gasteiger partial charge in [-0.05, 0) is 29.8 Å². The Labute approximate surface area is 139 Å². The molecule has 5 heteroatoms. The number of rotatable bonds is 5. The Hall–Kier alpha value is -3.34. The van der Waals surface area contributed by atoms with Gasteiger partial charge in [0.05, 0.1) is 0 Å². The first-order valence-electron chi connectivity index (χ1n) is 7.49. The second kappa shape index (κ2) is 7.28. The number of amides is 1. The van der Waals surface area contributed by atoms with Gasteiger partial charge in [0.25, 0.3) is 11.5 Å². The normalized spacial score (nSPS) is 10.2. The van der Waals surface area contributed by atoms with E-state index in [0.29, 0.717) is 5.69 Å². The molecule has 24 heavy (non-hydrogen) atoms. The van der Waals surface area contributed by atoms with Crippen molar-refractivity contribution in [2.24, 2.45) is 0 Å². The highest BCUT2D eigenvalue weighted by molar-refractivity contribution is 6.03. The van der Waals surface area contributed by atoms with Gasteiger partial charge < -0.3 is 10.2 Å². The van der Waals surface area contributed by atoms with Crippen LogP contribution in [0.4, 0.5) is 5.69 Å². The molecule has 0 spiro atoms. The third kappa shape index (κ3) is 3.70. The molecular weight excluding hydrogens is 304 g/mol. The second-order valence-electron chi connectivity index (χ2n) is 5.13. The number of aromatic nitrogens is 1. The van der Waals surface area contributed by atoms with E-state index in [1.165, 1.54) is 12.3 Å². The third-order valence-corrected chi connectivity index (χ3v) is 3.40. The number of para-hydroxylation sites is 1. The van der Waals surface area contributed by atoms with Crippen molar-refractivity contribution in [3.8, 4) is 0 Å². The summed E-state index contributed by atoms with van der Waals surface area (Å²) in [6.07, 6.45) is 1.49. The van der Waals surface area contributed by atoms with Crippen LogP contribution < -0.4 is 15.7 Å². The van der Waals surface area contributed by atoms with Crippen LogP contribution in [0.15, 0.2) is 83.8 Å². The molecule has 0 fully saturated rings. The van der Waals surface area contributed by atoms with Gasteiger partial charge in [-0.15, -0.1) is 0 Å². The van der Waals surface area contributed by atoms with Crippen LogP contribution in [0.2, 0.25) is 0 Å². The van der Waals surface area contributed by atoms with Crippen molar-refractivity contribution < 1.29 is 9.63 Å². The van der Waals surface area contributed by atoms with E-state index < -0.39 is 11.5 Å². The van der Waals surface area contributed by atoms with Crippen LogP contribution in [0.1, 0.15) is 15.9 Å². The summed E-state index contributed by atoms with van der Waals surface area (Å²) in [7, 11) is 0. The van der Waals surface area contributed by atoms with Crippen LogP contribution in [-0.2, 0) is 6.61 Å². The number of benzene rings is 2. The van der Waals surface area contributed by atoms with Gasteiger partial charge in [0.2, 0.25) is 0 Å². The Morgan fingerprint density at radius 3 is 2.29 bits per heavy atom. The molecule has 0 saturated heterocycles. The minimum absolute atomic E-state index is 0.0226. The molecule has 0 unspecified atom stereocenters. The maximum absolute atomic E-state index is 12.4. The van der Waals surface area contributed by atoms with E-state index in [4.69, 9.17) is 4.84 Å². The first-order valence-corrected chi connectivity index (χ1v) is 7.49. The second-order valence-corrected chi connectivity index (χ2v) is 5.13. The highest BCUT2D eigenvalue weighted by atomic mass is 16.7. The predicted octanol–water partition coefficient (Wildman–Crippen LogP) is 2.73. The van der Waals surface area contributed by atoms with Crippen molar-refractivity contribution in [2.75, 3.05) is 5.32 Å². The number of anilines is 1. The van der Waals surface area contributed by atoms with E-state index in [9.17, 15) is 9.59 Å². The molecule has 3 aromatic rings. The number of hydrogen-bond acceptors (Lipinski definition) is 3. The molecule has 0 saturated carbocycles. The van der Waals surface area contributed by atoms with Gasteiger partial charge in [0.1, 0.15) is 12.2 Å². The van der Waals surface area contributed by atoms with Crippen molar-refractivity contribution >= 4 is 11.6 Å². The van der Waals surface area contributed by atoms with Crippen LogP contribution in [0, 0.1) is 0 Å². The van der Waals surface area contributed by atoms with Gasteiger partial charge in [-0.25, -0.2) is 0 Å². The summed E-state index contributed by atoms with van der Waals surface area (Å²) in [5.74, 6) is -0.469. The first kappa shape index (κ1) is 15.6. The van der Waals surface area contributed by atoms with E-state index in [2.05, 4.69) is 5.32 Å². The van der Waals surface area contributed by atoms with Crippen molar-refractivity contribution in [1.29, 1.82) is 0 Å². The Morgan fingerprint density at radius 1 is 0.917 bits per heavy atom. The van der Waals surface area contributed by atoms with E-state index in [1.54, 1.807) is 18.2 Å². The molecule has 1 amide bonds. The molecule has 1 aromatic heterocycles. The summed E-state index contributed by atoms with van der Waals surface area (Å²) < 4.78 is 1.08. The molecule has 0 aliphatic rings. The van der Waals surface area contributed by atoms with Crippen LogP contribution in [0.3, 0.4) is 0 Å². The van der Waals surface area contributed by atoms with Crippen LogP contribution in [-0.4, -0.2) is 10.6 Å². The molecule has 0 atom stereocenters. The average molecular weight is 320 g/mol. The van der Waals surface area contributed by atoms with Crippen molar-refractivity contribution in [2.45, 2.75) is 6.61 Å². The monoisotopic (exact) mass is 320 g/mol. The Balaban J connectivity index is 1.75. The fourth-order valence-corrected chi connectivity index (χ4v) is 2.19. The zero-order valence-electron chi connectivity index (χ0n) is 12.9. The lowest BCUT2D eigenvalue weighted by Crippen LogP contribution is -2.32. The summed E-state index contributed by atoms with van der Waals surface area (Å²) in [5, 5.41) is 2.69. The molecule has 0 bridgehead atoms. The molecule has 0 aliphatic heterocycles.